The molecule has 0 saturated heterocycles. The number of ether oxygens (including phenoxy) is 1. The van der Waals surface area contributed by atoms with Gasteiger partial charge in [0.05, 0.1) is 12.3 Å². The molecule has 0 spiro atoms. The van der Waals surface area contributed by atoms with Gasteiger partial charge in [0.2, 0.25) is 0 Å². The highest BCUT2D eigenvalue weighted by Crippen LogP contribution is 2.45. The van der Waals surface area contributed by atoms with Crippen molar-refractivity contribution in [2.75, 3.05) is 6.61 Å². The lowest BCUT2D eigenvalue weighted by molar-refractivity contribution is -0.143. The molecule has 164 valence electrons. The zero-order valence-corrected chi connectivity index (χ0v) is 19.5. The molecule has 1 aromatic carbocycles. The summed E-state index contributed by atoms with van der Waals surface area (Å²) in [5, 5.41) is 8.55. The maximum atomic E-state index is 11.4. The third-order valence-corrected chi connectivity index (χ3v) is 6.28. The van der Waals surface area contributed by atoms with Gasteiger partial charge in [-0.3, -0.25) is 4.79 Å². The lowest BCUT2D eigenvalue weighted by atomic mass is 9.63. The summed E-state index contributed by atoms with van der Waals surface area (Å²) in [6.07, 6.45) is 5.35. The van der Waals surface area contributed by atoms with E-state index in [-0.39, 0.29) is 16.8 Å². The van der Waals surface area contributed by atoms with Crippen LogP contribution in [0.25, 0.3) is 0 Å². The van der Waals surface area contributed by atoms with Crippen LogP contribution < -0.4 is 0 Å². The standard InChI is InChI=1S/C27H34N2O2/c1-6-31-25(30)10-8-7-9-21-14-15-22(29-28-21)13-11-20-12-16-23-24(19-20)27(4,5)18-17-26(23,2)3/h12,14-16,19H,6-10,17-18H2,1-5H3. The Hall–Kier alpha value is -2.67. The minimum absolute atomic E-state index is 0.131. The summed E-state index contributed by atoms with van der Waals surface area (Å²) >= 11 is 0. The van der Waals surface area contributed by atoms with Gasteiger partial charge in [-0.25, -0.2) is 0 Å². The molecule has 0 unspecified atom stereocenters. The molecule has 0 saturated carbocycles. The normalized spacial score (nSPS) is 16.0. The summed E-state index contributed by atoms with van der Waals surface area (Å²) in [4.78, 5) is 11.4. The van der Waals surface area contributed by atoms with Gasteiger partial charge in [-0.05, 0) is 91.2 Å². The Morgan fingerprint density at radius 1 is 0.968 bits per heavy atom. The van der Waals surface area contributed by atoms with Crippen molar-refractivity contribution >= 4 is 5.97 Å². The Bertz CT molecular complexity index is 979. The highest BCUT2D eigenvalue weighted by Gasteiger charge is 2.36. The first-order valence-electron chi connectivity index (χ1n) is 11.4. The van der Waals surface area contributed by atoms with Crippen molar-refractivity contribution in [3.63, 3.8) is 0 Å². The highest BCUT2D eigenvalue weighted by atomic mass is 16.5. The van der Waals surface area contributed by atoms with E-state index in [2.05, 4.69) is 67.9 Å². The zero-order valence-electron chi connectivity index (χ0n) is 19.5. The molecule has 0 N–H and O–H groups in total. The molecule has 0 aliphatic heterocycles. The number of hydrogen-bond acceptors (Lipinski definition) is 4. The maximum Gasteiger partial charge on any atom is 0.305 e. The van der Waals surface area contributed by atoms with Gasteiger partial charge in [-0.15, -0.1) is 5.10 Å². The van der Waals surface area contributed by atoms with Crippen molar-refractivity contribution in [1.82, 2.24) is 10.2 Å². The lowest BCUT2D eigenvalue weighted by Crippen LogP contribution is -2.33. The number of benzene rings is 1. The number of unbranched alkanes of at least 4 members (excludes halogenated alkanes) is 1. The van der Waals surface area contributed by atoms with Gasteiger partial charge in [0.15, 0.2) is 0 Å². The van der Waals surface area contributed by atoms with Crippen LogP contribution in [0, 0.1) is 11.8 Å². The zero-order chi connectivity index (χ0) is 22.5. The minimum Gasteiger partial charge on any atom is -0.466 e. The van der Waals surface area contributed by atoms with Crippen molar-refractivity contribution in [3.05, 3.63) is 58.4 Å². The Labute approximate surface area is 186 Å². The predicted octanol–water partition coefficient (Wildman–Crippen LogP) is 5.50. The molecule has 0 amide bonds. The molecule has 1 aromatic heterocycles. The van der Waals surface area contributed by atoms with Crippen LogP contribution in [0.5, 0.6) is 0 Å². The largest absolute Gasteiger partial charge is 0.466 e. The SMILES string of the molecule is CCOC(=O)CCCCc1ccc(C#Cc2ccc3c(c2)C(C)(C)CCC3(C)C)nn1. The van der Waals surface area contributed by atoms with Crippen molar-refractivity contribution < 1.29 is 9.53 Å². The number of aromatic nitrogens is 2. The van der Waals surface area contributed by atoms with Crippen molar-refractivity contribution in [2.45, 2.75) is 84.0 Å². The van der Waals surface area contributed by atoms with Crippen LogP contribution in [0.2, 0.25) is 0 Å². The summed E-state index contributed by atoms with van der Waals surface area (Å²) < 4.78 is 4.94. The number of carbonyl (C=O) groups excluding carboxylic acids is 1. The number of esters is 1. The lowest BCUT2D eigenvalue weighted by Gasteiger charge is -2.41. The number of fused-ring (bicyclic) bond motifs is 1. The quantitative estimate of drug-likeness (QED) is 0.353. The molecule has 1 aliphatic carbocycles. The molecule has 4 nitrogen and oxygen atoms in total. The fourth-order valence-electron chi connectivity index (χ4n) is 4.17. The van der Waals surface area contributed by atoms with Crippen LogP contribution >= 0.6 is 0 Å². The second kappa shape index (κ2) is 9.64. The predicted molar refractivity (Wildman–Crippen MR) is 124 cm³/mol. The summed E-state index contributed by atoms with van der Waals surface area (Å²) in [5.74, 6) is 6.29. The van der Waals surface area contributed by atoms with Gasteiger partial charge in [0.25, 0.3) is 0 Å². The van der Waals surface area contributed by atoms with Crippen molar-refractivity contribution in [1.29, 1.82) is 0 Å². The Kier molecular flexibility index (Phi) is 7.15. The second-order valence-corrected chi connectivity index (χ2v) is 9.70. The first kappa shape index (κ1) is 23.0. The van der Waals surface area contributed by atoms with E-state index in [1.807, 2.05) is 19.1 Å². The molecule has 31 heavy (non-hydrogen) atoms. The van der Waals surface area contributed by atoms with E-state index >= 15 is 0 Å². The van der Waals surface area contributed by atoms with E-state index in [0.29, 0.717) is 18.7 Å². The van der Waals surface area contributed by atoms with Gasteiger partial charge in [0, 0.05) is 12.0 Å². The molecule has 4 heteroatoms. The molecule has 1 aliphatic rings. The first-order valence-corrected chi connectivity index (χ1v) is 11.4. The van der Waals surface area contributed by atoms with E-state index in [1.165, 1.54) is 24.0 Å². The van der Waals surface area contributed by atoms with E-state index in [1.54, 1.807) is 0 Å². The van der Waals surface area contributed by atoms with Gasteiger partial charge in [-0.1, -0.05) is 39.7 Å². The number of nitrogens with zero attached hydrogens (tertiary/aromatic N) is 2. The molecule has 1 heterocycles. The van der Waals surface area contributed by atoms with Crippen LogP contribution in [0.15, 0.2) is 30.3 Å². The highest BCUT2D eigenvalue weighted by molar-refractivity contribution is 5.69. The van der Waals surface area contributed by atoms with E-state index in [9.17, 15) is 4.79 Å². The number of carbonyl (C=O) groups is 1. The molecule has 0 radical (unpaired) electrons. The summed E-state index contributed by atoms with van der Waals surface area (Å²) in [6.45, 7) is 11.6. The Balaban J connectivity index is 1.63. The number of aryl methyl sites for hydroxylation is 1. The van der Waals surface area contributed by atoms with E-state index in [4.69, 9.17) is 4.74 Å². The maximum absolute atomic E-state index is 11.4. The monoisotopic (exact) mass is 418 g/mol. The van der Waals surface area contributed by atoms with Gasteiger partial charge in [0.1, 0.15) is 5.69 Å². The van der Waals surface area contributed by atoms with Gasteiger partial charge < -0.3 is 4.74 Å². The topological polar surface area (TPSA) is 52.1 Å². The van der Waals surface area contributed by atoms with Gasteiger partial charge in [-0.2, -0.15) is 5.10 Å². The van der Waals surface area contributed by atoms with E-state index in [0.717, 1.165) is 30.5 Å². The van der Waals surface area contributed by atoms with Crippen LogP contribution in [0.3, 0.4) is 0 Å². The van der Waals surface area contributed by atoms with E-state index < -0.39 is 0 Å². The third kappa shape index (κ3) is 5.94. The third-order valence-electron chi connectivity index (χ3n) is 6.28. The summed E-state index contributed by atoms with van der Waals surface area (Å²) in [6, 6.07) is 10.5. The average Bonchev–Trinajstić information content (AvgIpc) is 2.74. The van der Waals surface area contributed by atoms with Crippen LogP contribution in [0.1, 0.15) is 94.8 Å². The molecule has 0 fully saturated rings. The first-order chi connectivity index (χ1) is 14.7. The van der Waals surface area contributed by atoms with Crippen LogP contribution in [-0.2, 0) is 26.8 Å². The average molecular weight is 419 g/mol. The Morgan fingerprint density at radius 2 is 1.71 bits per heavy atom. The molecule has 3 rings (SSSR count). The smallest absolute Gasteiger partial charge is 0.305 e. The van der Waals surface area contributed by atoms with Crippen molar-refractivity contribution in [2.24, 2.45) is 0 Å². The van der Waals surface area contributed by atoms with Crippen molar-refractivity contribution in [3.8, 4) is 11.8 Å². The van der Waals surface area contributed by atoms with Crippen LogP contribution in [0.4, 0.5) is 0 Å². The molecule has 0 atom stereocenters. The molecular weight excluding hydrogens is 384 g/mol. The Morgan fingerprint density at radius 3 is 2.39 bits per heavy atom. The molecule has 2 aromatic rings. The fourth-order valence-corrected chi connectivity index (χ4v) is 4.17. The minimum atomic E-state index is -0.131. The summed E-state index contributed by atoms with van der Waals surface area (Å²) in [5.41, 5.74) is 5.88. The molecule has 0 bridgehead atoms. The molecular formula is C27H34N2O2. The number of hydrogen-bond donors (Lipinski definition) is 0. The number of rotatable bonds is 6. The van der Waals surface area contributed by atoms with Crippen LogP contribution in [-0.4, -0.2) is 22.8 Å². The van der Waals surface area contributed by atoms with Gasteiger partial charge >= 0.3 is 5.97 Å². The fraction of sp³-hybridized carbons (Fsp3) is 0.519. The second-order valence-electron chi connectivity index (χ2n) is 9.70. The summed E-state index contributed by atoms with van der Waals surface area (Å²) in [7, 11) is 0.